The van der Waals surface area contributed by atoms with Crippen LogP contribution in [0.2, 0.25) is 5.02 Å². The molecule has 0 heterocycles. The van der Waals surface area contributed by atoms with Gasteiger partial charge in [0.25, 0.3) is 0 Å². The highest BCUT2D eigenvalue weighted by atomic mass is 79.9. The Labute approximate surface area is 130 Å². The van der Waals surface area contributed by atoms with Gasteiger partial charge in [-0.05, 0) is 41.8 Å². The monoisotopic (exact) mass is 360 g/mol. The van der Waals surface area contributed by atoms with Crippen molar-refractivity contribution in [1.29, 1.82) is 0 Å². The van der Waals surface area contributed by atoms with E-state index in [1.807, 2.05) is 18.2 Å². The van der Waals surface area contributed by atoms with Crippen LogP contribution in [0, 0.1) is 5.82 Å². The van der Waals surface area contributed by atoms with Crippen molar-refractivity contribution in [2.24, 2.45) is 0 Å². The van der Waals surface area contributed by atoms with Crippen molar-refractivity contribution in [2.75, 3.05) is 5.88 Å². The van der Waals surface area contributed by atoms with E-state index in [1.54, 1.807) is 12.1 Å². The molecule has 4 heteroatoms. The zero-order valence-electron chi connectivity index (χ0n) is 10.0. The standard InChI is InChI=1S/C15H12BrCl2F/c16-13-4-1-11(15(18)8-13)7-12(9-17)10-2-5-14(19)6-3-10/h1-6,8,12H,7,9H2. The van der Waals surface area contributed by atoms with E-state index in [9.17, 15) is 4.39 Å². The number of hydrogen-bond donors (Lipinski definition) is 0. The second kappa shape index (κ2) is 6.74. The van der Waals surface area contributed by atoms with E-state index in [0.717, 1.165) is 22.0 Å². The molecular formula is C15H12BrCl2F. The van der Waals surface area contributed by atoms with Gasteiger partial charge in [-0.15, -0.1) is 11.6 Å². The van der Waals surface area contributed by atoms with Crippen LogP contribution in [0.15, 0.2) is 46.9 Å². The maximum atomic E-state index is 12.9. The normalized spacial score (nSPS) is 12.4. The van der Waals surface area contributed by atoms with E-state index in [0.29, 0.717) is 10.9 Å². The summed E-state index contributed by atoms with van der Waals surface area (Å²) in [5, 5.41) is 0.714. The van der Waals surface area contributed by atoms with Gasteiger partial charge in [-0.1, -0.05) is 45.7 Å². The third kappa shape index (κ3) is 3.95. The molecule has 0 aliphatic heterocycles. The lowest BCUT2D eigenvalue weighted by Crippen LogP contribution is -2.05. The van der Waals surface area contributed by atoms with Crippen LogP contribution in [0.25, 0.3) is 0 Å². The van der Waals surface area contributed by atoms with Gasteiger partial charge >= 0.3 is 0 Å². The highest BCUT2D eigenvalue weighted by Gasteiger charge is 2.13. The molecule has 0 amide bonds. The maximum absolute atomic E-state index is 12.9. The molecule has 0 bridgehead atoms. The summed E-state index contributed by atoms with van der Waals surface area (Å²) < 4.78 is 13.9. The molecule has 19 heavy (non-hydrogen) atoms. The summed E-state index contributed by atoms with van der Waals surface area (Å²) in [4.78, 5) is 0. The Kier molecular flexibility index (Phi) is 5.26. The van der Waals surface area contributed by atoms with Crippen LogP contribution in [0.3, 0.4) is 0 Å². The molecule has 2 rings (SSSR count). The third-order valence-corrected chi connectivity index (χ3v) is 4.23. The molecule has 0 saturated heterocycles. The number of alkyl halides is 1. The minimum absolute atomic E-state index is 0.126. The molecule has 0 nitrogen and oxygen atoms in total. The van der Waals surface area contributed by atoms with E-state index >= 15 is 0 Å². The summed E-state index contributed by atoms with van der Waals surface area (Å²) in [7, 11) is 0. The predicted octanol–water partition coefficient (Wildman–Crippen LogP) is 5.81. The lowest BCUT2D eigenvalue weighted by molar-refractivity contribution is 0.625. The topological polar surface area (TPSA) is 0 Å². The lowest BCUT2D eigenvalue weighted by Gasteiger charge is -2.15. The first-order chi connectivity index (χ1) is 9.10. The first kappa shape index (κ1) is 14.8. The lowest BCUT2D eigenvalue weighted by atomic mass is 9.93. The summed E-state index contributed by atoms with van der Waals surface area (Å²) in [6, 6.07) is 12.3. The van der Waals surface area contributed by atoms with Crippen molar-refractivity contribution in [1.82, 2.24) is 0 Å². The van der Waals surface area contributed by atoms with Crippen LogP contribution >= 0.6 is 39.1 Å². The van der Waals surface area contributed by atoms with Gasteiger partial charge in [0.2, 0.25) is 0 Å². The smallest absolute Gasteiger partial charge is 0.123 e. The Hall–Kier alpha value is -0.570. The van der Waals surface area contributed by atoms with E-state index in [-0.39, 0.29) is 11.7 Å². The first-order valence-corrected chi connectivity index (χ1v) is 7.56. The van der Waals surface area contributed by atoms with Gasteiger partial charge < -0.3 is 0 Å². The number of benzene rings is 2. The van der Waals surface area contributed by atoms with Gasteiger partial charge in [0, 0.05) is 21.3 Å². The zero-order chi connectivity index (χ0) is 13.8. The Morgan fingerprint density at radius 2 is 1.79 bits per heavy atom. The van der Waals surface area contributed by atoms with Gasteiger partial charge in [-0.25, -0.2) is 4.39 Å². The maximum Gasteiger partial charge on any atom is 0.123 e. The number of rotatable bonds is 4. The minimum Gasteiger partial charge on any atom is -0.207 e. The van der Waals surface area contributed by atoms with E-state index in [2.05, 4.69) is 15.9 Å². The molecule has 0 aliphatic carbocycles. The van der Waals surface area contributed by atoms with Crippen molar-refractivity contribution in [2.45, 2.75) is 12.3 Å². The molecule has 100 valence electrons. The molecule has 0 aliphatic rings. The van der Waals surface area contributed by atoms with Gasteiger partial charge in [0.05, 0.1) is 0 Å². The van der Waals surface area contributed by atoms with Gasteiger partial charge in [-0.2, -0.15) is 0 Å². The van der Waals surface area contributed by atoms with Crippen molar-refractivity contribution >= 4 is 39.1 Å². The van der Waals surface area contributed by atoms with E-state index in [1.165, 1.54) is 12.1 Å². The summed E-state index contributed by atoms with van der Waals surface area (Å²) in [5.41, 5.74) is 2.07. The largest absolute Gasteiger partial charge is 0.207 e. The van der Waals surface area contributed by atoms with Crippen LogP contribution in [-0.2, 0) is 6.42 Å². The summed E-state index contributed by atoms with van der Waals surface area (Å²) in [5.74, 6) is 0.359. The molecule has 1 unspecified atom stereocenters. The molecule has 0 saturated carbocycles. The predicted molar refractivity (Wildman–Crippen MR) is 82.7 cm³/mol. The minimum atomic E-state index is -0.237. The number of hydrogen-bond acceptors (Lipinski definition) is 0. The van der Waals surface area contributed by atoms with Crippen LogP contribution in [0.1, 0.15) is 17.0 Å². The Balaban J connectivity index is 2.21. The van der Waals surface area contributed by atoms with Crippen molar-refractivity contribution in [3.05, 3.63) is 68.9 Å². The summed E-state index contributed by atoms with van der Waals surface area (Å²) >= 11 is 15.6. The van der Waals surface area contributed by atoms with Crippen molar-refractivity contribution in [3.63, 3.8) is 0 Å². The third-order valence-electron chi connectivity index (χ3n) is 3.01. The first-order valence-electron chi connectivity index (χ1n) is 5.85. The molecule has 0 aromatic heterocycles. The molecule has 2 aromatic carbocycles. The quantitative estimate of drug-likeness (QED) is 0.603. The molecule has 0 fully saturated rings. The van der Waals surface area contributed by atoms with Crippen LogP contribution in [-0.4, -0.2) is 5.88 Å². The molecule has 0 radical (unpaired) electrons. The van der Waals surface area contributed by atoms with Gasteiger partial charge in [0.15, 0.2) is 0 Å². The summed E-state index contributed by atoms with van der Waals surface area (Å²) in [6.07, 6.45) is 0.737. The molecule has 2 aromatic rings. The fraction of sp³-hybridized carbons (Fsp3) is 0.200. The fourth-order valence-electron chi connectivity index (χ4n) is 1.95. The molecular weight excluding hydrogens is 350 g/mol. The second-order valence-corrected chi connectivity index (χ2v) is 5.97. The van der Waals surface area contributed by atoms with Crippen molar-refractivity contribution in [3.8, 4) is 0 Å². The number of halogens is 4. The second-order valence-electron chi connectivity index (χ2n) is 4.34. The highest BCUT2D eigenvalue weighted by Crippen LogP contribution is 2.28. The Bertz CT molecular complexity index is 555. The molecule has 0 N–H and O–H groups in total. The highest BCUT2D eigenvalue weighted by molar-refractivity contribution is 9.10. The van der Waals surface area contributed by atoms with E-state index in [4.69, 9.17) is 23.2 Å². The van der Waals surface area contributed by atoms with Crippen LogP contribution in [0.4, 0.5) is 4.39 Å². The van der Waals surface area contributed by atoms with Gasteiger partial charge in [0.1, 0.15) is 5.82 Å². The van der Waals surface area contributed by atoms with E-state index < -0.39 is 0 Å². The Morgan fingerprint density at radius 1 is 1.11 bits per heavy atom. The molecule has 1 atom stereocenters. The SMILES string of the molecule is Fc1ccc(C(CCl)Cc2ccc(Br)cc2Cl)cc1. The average Bonchev–Trinajstić information content (AvgIpc) is 2.39. The fourth-order valence-corrected chi connectivity index (χ4v) is 2.99. The van der Waals surface area contributed by atoms with Crippen LogP contribution < -0.4 is 0 Å². The molecule has 0 spiro atoms. The zero-order valence-corrected chi connectivity index (χ0v) is 13.1. The van der Waals surface area contributed by atoms with Crippen LogP contribution in [0.5, 0.6) is 0 Å². The van der Waals surface area contributed by atoms with Crippen molar-refractivity contribution < 1.29 is 4.39 Å². The summed E-state index contributed by atoms with van der Waals surface area (Å²) in [6.45, 7) is 0. The Morgan fingerprint density at radius 3 is 2.37 bits per heavy atom. The van der Waals surface area contributed by atoms with Gasteiger partial charge in [-0.3, -0.25) is 0 Å². The average molecular weight is 362 g/mol.